The van der Waals surface area contributed by atoms with Crippen molar-refractivity contribution < 1.29 is 9.90 Å². The summed E-state index contributed by atoms with van der Waals surface area (Å²) in [4.78, 5) is 26.2. The van der Waals surface area contributed by atoms with Crippen LogP contribution >= 0.6 is 34.4 Å². The minimum atomic E-state index is -0.912. The Morgan fingerprint density at radius 1 is 1.29 bits per heavy atom. The van der Waals surface area contributed by atoms with E-state index < -0.39 is 5.97 Å². The lowest BCUT2D eigenvalue weighted by molar-refractivity contribution is 0.0701. The van der Waals surface area contributed by atoms with Crippen molar-refractivity contribution in [2.45, 2.75) is 24.6 Å². The number of carbonyl (C=O) groups is 1. The Bertz CT molecular complexity index is 825. The molecule has 0 fully saturated rings. The van der Waals surface area contributed by atoms with Crippen LogP contribution < -0.4 is 0 Å². The zero-order valence-electron chi connectivity index (χ0n) is 11.3. The van der Waals surface area contributed by atoms with Gasteiger partial charge >= 0.3 is 5.97 Å². The quantitative estimate of drug-likeness (QED) is 0.577. The minimum absolute atomic E-state index is 0.334. The van der Waals surface area contributed by atoms with Crippen molar-refractivity contribution in [1.29, 1.82) is 0 Å². The third-order valence-corrected chi connectivity index (χ3v) is 6.23. The number of thiophene rings is 1. The largest absolute Gasteiger partial charge is 0.477 e. The first kappa shape index (κ1) is 14.4. The van der Waals surface area contributed by atoms with Gasteiger partial charge in [0.1, 0.15) is 21.1 Å². The third kappa shape index (κ3) is 2.78. The molecule has 0 saturated carbocycles. The van der Waals surface area contributed by atoms with Gasteiger partial charge in [0.05, 0.1) is 5.01 Å². The fourth-order valence-electron chi connectivity index (χ4n) is 1.96. The van der Waals surface area contributed by atoms with Crippen LogP contribution in [0.5, 0.6) is 0 Å². The normalized spacial score (nSPS) is 11.1. The van der Waals surface area contributed by atoms with Gasteiger partial charge < -0.3 is 5.11 Å². The van der Waals surface area contributed by atoms with E-state index >= 15 is 0 Å². The van der Waals surface area contributed by atoms with Gasteiger partial charge in [-0.05, 0) is 19.4 Å². The molecule has 3 aromatic rings. The molecule has 0 aliphatic heterocycles. The van der Waals surface area contributed by atoms with Gasteiger partial charge in [-0.3, -0.25) is 0 Å². The molecule has 0 radical (unpaired) electrons. The lowest BCUT2D eigenvalue weighted by Gasteiger charge is -2.01. The lowest BCUT2D eigenvalue weighted by Crippen LogP contribution is -1.94. The number of aromatic carboxylic acids is 1. The molecule has 108 valence electrons. The number of fused-ring (bicyclic) bond motifs is 1. The van der Waals surface area contributed by atoms with Crippen molar-refractivity contribution in [2.24, 2.45) is 0 Å². The van der Waals surface area contributed by atoms with Crippen LogP contribution in [0, 0.1) is 13.8 Å². The smallest absolute Gasteiger partial charge is 0.346 e. The fourth-order valence-corrected chi connectivity index (χ4v) is 4.89. The Balaban J connectivity index is 1.96. The van der Waals surface area contributed by atoms with Crippen molar-refractivity contribution >= 4 is 50.6 Å². The Labute approximate surface area is 133 Å². The van der Waals surface area contributed by atoms with Crippen LogP contribution in [0.1, 0.15) is 25.1 Å². The van der Waals surface area contributed by atoms with Crippen LogP contribution in [0.2, 0.25) is 0 Å². The van der Waals surface area contributed by atoms with E-state index in [0.29, 0.717) is 4.88 Å². The first-order valence-corrected chi connectivity index (χ1v) is 8.69. The molecule has 0 aliphatic carbocycles. The van der Waals surface area contributed by atoms with Gasteiger partial charge in [0, 0.05) is 22.2 Å². The standard InChI is InChI=1S/C13H11N3O2S3/c1-6-9-11(19-4-8-3-14-7(2)20-8)15-5-16-12(9)21-10(6)13(17)18/h3,5H,4H2,1-2H3,(H,17,18). The summed E-state index contributed by atoms with van der Waals surface area (Å²) < 4.78 is 0. The van der Waals surface area contributed by atoms with E-state index in [4.69, 9.17) is 0 Å². The Kier molecular flexibility index (Phi) is 3.92. The number of aryl methyl sites for hydroxylation is 2. The molecule has 0 aliphatic rings. The molecule has 3 heterocycles. The predicted octanol–water partition coefficient (Wildman–Crippen LogP) is 3.76. The molecule has 21 heavy (non-hydrogen) atoms. The summed E-state index contributed by atoms with van der Waals surface area (Å²) in [6, 6.07) is 0. The minimum Gasteiger partial charge on any atom is -0.477 e. The number of nitrogens with zero attached hydrogens (tertiary/aromatic N) is 3. The maximum atomic E-state index is 11.2. The molecule has 0 atom stereocenters. The van der Waals surface area contributed by atoms with Gasteiger partial charge in [0.25, 0.3) is 0 Å². The molecule has 0 spiro atoms. The van der Waals surface area contributed by atoms with E-state index in [1.807, 2.05) is 20.0 Å². The monoisotopic (exact) mass is 337 g/mol. The van der Waals surface area contributed by atoms with E-state index in [0.717, 1.165) is 31.6 Å². The Morgan fingerprint density at radius 3 is 2.76 bits per heavy atom. The first-order chi connectivity index (χ1) is 10.1. The molecule has 3 rings (SSSR count). The molecule has 0 aromatic carbocycles. The van der Waals surface area contributed by atoms with Crippen molar-refractivity contribution in [1.82, 2.24) is 15.0 Å². The molecule has 8 heteroatoms. The number of rotatable bonds is 4. The maximum absolute atomic E-state index is 11.2. The van der Waals surface area contributed by atoms with Crippen molar-refractivity contribution in [3.8, 4) is 0 Å². The van der Waals surface area contributed by atoms with E-state index in [2.05, 4.69) is 15.0 Å². The molecule has 3 aromatic heterocycles. The molecular formula is C13H11N3O2S3. The van der Waals surface area contributed by atoms with Crippen LogP contribution in [0.4, 0.5) is 0 Å². The number of aromatic nitrogens is 3. The van der Waals surface area contributed by atoms with Crippen molar-refractivity contribution in [3.05, 3.63) is 32.8 Å². The van der Waals surface area contributed by atoms with Gasteiger partial charge in [-0.15, -0.1) is 22.7 Å². The number of thiazole rings is 1. The fraction of sp³-hybridized carbons (Fsp3) is 0.231. The summed E-state index contributed by atoms with van der Waals surface area (Å²) in [5.74, 6) is -0.139. The third-order valence-electron chi connectivity index (χ3n) is 2.91. The maximum Gasteiger partial charge on any atom is 0.346 e. The van der Waals surface area contributed by atoms with E-state index in [9.17, 15) is 9.90 Å². The second-order valence-corrected chi connectivity index (χ2v) is 7.64. The van der Waals surface area contributed by atoms with Gasteiger partial charge in [0.15, 0.2) is 0 Å². The highest BCUT2D eigenvalue weighted by molar-refractivity contribution is 7.98. The number of hydrogen-bond donors (Lipinski definition) is 1. The van der Waals surface area contributed by atoms with Crippen LogP contribution in [0.15, 0.2) is 17.6 Å². The average molecular weight is 337 g/mol. The predicted molar refractivity (Wildman–Crippen MR) is 85.5 cm³/mol. The van der Waals surface area contributed by atoms with Crippen LogP contribution in [-0.4, -0.2) is 26.0 Å². The zero-order chi connectivity index (χ0) is 15.0. The summed E-state index contributed by atoms with van der Waals surface area (Å²) in [6.45, 7) is 3.79. The number of hydrogen-bond acceptors (Lipinski definition) is 7. The summed E-state index contributed by atoms with van der Waals surface area (Å²) in [5.41, 5.74) is 0.742. The topological polar surface area (TPSA) is 76.0 Å². The van der Waals surface area contributed by atoms with E-state index in [-0.39, 0.29) is 0 Å². The Hall–Kier alpha value is -1.51. The summed E-state index contributed by atoms with van der Waals surface area (Å²) in [7, 11) is 0. The molecule has 0 unspecified atom stereocenters. The molecule has 5 nitrogen and oxygen atoms in total. The van der Waals surface area contributed by atoms with Crippen molar-refractivity contribution in [2.75, 3.05) is 0 Å². The highest BCUT2D eigenvalue weighted by Gasteiger charge is 2.18. The van der Waals surface area contributed by atoms with Crippen LogP contribution in [0.3, 0.4) is 0 Å². The highest BCUT2D eigenvalue weighted by atomic mass is 32.2. The second kappa shape index (κ2) is 5.70. The molecule has 0 saturated heterocycles. The molecule has 1 N–H and O–H groups in total. The van der Waals surface area contributed by atoms with Gasteiger partial charge in [-0.25, -0.2) is 19.7 Å². The highest BCUT2D eigenvalue weighted by Crippen LogP contribution is 2.36. The van der Waals surface area contributed by atoms with Crippen LogP contribution in [0.25, 0.3) is 10.2 Å². The first-order valence-electron chi connectivity index (χ1n) is 6.07. The van der Waals surface area contributed by atoms with Gasteiger partial charge in [0.2, 0.25) is 0 Å². The zero-order valence-corrected chi connectivity index (χ0v) is 13.7. The SMILES string of the molecule is Cc1ncc(CSc2ncnc3sc(C(=O)O)c(C)c23)s1. The molecule has 0 amide bonds. The molecular weight excluding hydrogens is 326 g/mol. The van der Waals surface area contributed by atoms with Gasteiger partial charge in [-0.1, -0.05) is 11.8 Å². The number of carboxylic acids is 1. The lowest BCUT2D eigenvalue weighted by atomic mass is 10.2. The molecule has 0 bridgehead atoms. The van der Waals surface area contributed by atoms with E-state index in [1.54, 1.807) is 23.1 Å². The summed E-state index contributed by atoms with van der Waals surface area (Å²) >= 11 is 4.45. The van der Waals surface area contributed by atoms with Crippen LogP contribution in [-0.2, 0) is 5.75 Å². The summed E-state index contributed by atoms with van der Waals surface area (Å²) in [6.07, 6.45) is 3.36. The Morgan fingerprint density at radius 2 is 2.10 bits per heavy atom. The van der Waals surface area contributed by atoms with Gasteiger partial charge in [-0.2, -0.15) is 0 Å². The van der Waals surface area contributed by atoms with Crippen molar-refractivity contribution in [3.63, 3.8) is 0 Å². The van der Waals surface area contributed by atoms with E-state index in [1.165, 1.54) is 22.5 Å². The number of carboxylic acid groups (broad SMARTS) is 1. The average Bonchev–Trinajstić information content (AvgIpc) is 3.01. The number of thioether (sulfide) groups is 1. The summed E-state index contributed by atoms with van der Waals surface area (Å²) in [5, 5.41) is 11.9. The second-order valence-electron chi connectivity index (χ2n) is 4.35.